The fourth-order valence-electron chi connectivity index (χ4n) is 3.14. The van der Waals surface area contributed by atoms with Gasteiger partial charge in [0.25, 0.3) is 5.91 Å². The average Bonchev–Trinajstić information content (AvgIpc) is 3.30. The summed E-state index contributed by atoms with van der Waals surface area (Å²) < 4.78 is 0. The van der Waals surface area contributed by atoms with Crippen molar-refractivity contribution in [1.82, 2.24) is 9.88 Å². The van der Waals surface area contributed by atoms with Gasteiger partial charge in [0.05, 0.1) is 10.6 Å². The van der Waals surface area contributed by atoms with E-state index in [1.165, 1.54) is 32.1 Å². The van der Waals surface area contributed by atoms with Gasteiger partial charge in [-0.05, 0) is 37.7 Å². The molecule has 108 valence electrons. The highest BCUT2D eigenvalue weighted by molar-refractivity contribution is 6.33. The molecule has 0 aromatic carbocycles. The molecule has 20 heavy (non-hydrogen) atoms. The van der Waals surface area contributed by atoms with Crippen molar-refractivity contribution >= 4 is 17.5 Å². The Balaban J connectivity index is 1.73. The van der Waals surface area contributed by atoms with Gasteiger partial charge in [-0.15, -0.1) is 0 Å². The van der Waals surface area contributed by atoms with Gasteiger partial charge in [0, 0.05) is 25.0 Å². The van der Waals surface area contributed by atoms with Crippen LogP contribution < -0.4 is 0 Å². The van der Waals surface area contributed by atoms with Gasteiger partial charge in [0.1, 0.15) is 0 Å². The van der Waals surface area contributed by atoms with Crippen LogP contribution in [0, 0.1) is 5.92 Å². The van der Waals surface area contributed by atoms with Gasteiger partial charge >= 0.3 is 0 Å². The van der Waals surface area contributed by atoms with E-state index >= 15 is 0 Å². The van der Waals surface area contributed by atoms with Crippen LogP contribution in [0.15, 0.2) is 18.5 Å². The lowest BCUT2D eigenvalue weighted by Gasteiger charge is -2.30. The topological polar surface area (TPSA) is 33.2 Å². The number of hydrogen-bond acceptors (Lipinski definition) is 2. The minimum Gasteiger partial charge on any atom is -0.335 e. The lowest BCUT2D eigenvalue weighted by atomic mass is 9.89. The molecule has 2 aliphatic carbocycles. The van der Waals surface area contributed by atoms with E-state index in [2.05, 4.69) is 9.88 Å². The van der Waals surface area contributed by atoms with Gasteiger partial charge in [-0.3, -0.25) is 9.78 Å². The highest BCUT2D eigenvalue weighted by Gasteiger charge is 2.35. The summed E-state index contributed by atoms with van der Waals surface area (Å²) in [4.78, 5) is 18.8. The Labute approximate surface area is 125 Å². The predicted octanol–water partition coefficient (Wildman–Crippen LogP) is 3.92. The van der Waals surface area contributed by atoms with Gasteiger partial charge in [0.15, 0.2) is 0 Å². The van der Waals surface area contributed by atoms with Gasteiger partial charge < -0.3 is 4.90 Å². The molecule has 0 spiro atoms. The van der Waals surface area contributed by atoms with Crippen molar-refractivity contribution in [3.8, 4) is 0 Å². The normalized spacial score (nSPS) is 19.9. The van der Waals surface area contributed by atoms with Crippen molar-refractivity contribution in [2.75, 3.05) is 6.54 Å². The van der Waals surface area contributed by atoms with Crippen molar-refractivity contribution in [1.29, 1.82) is 0 Å². The van der Waals surface area contributed by atoms with Crippen LogP contribution in [0.4, 0.5) is 0 Å². The van der Waals surface area contributed by atoms with E-state index in [-0.39, 0.29) is 5.91 Å². The Morgan fingerprint density at radius 3 is 2.65 bits per heavy atom. The van der Waals surface area contributed by atoms with Crippen molar-refractivity contribution in [3.63, 3.8) is 0 Å². The van der Waals surface area contributed by atoms with Crippen LogP contribution in [0.2, 0.25) is 5.02 Å². The predicted molar refractivity (Wildman–Crippen MR) is 79.9 cm³/mol. The lowest BCUT2D eigenvalue weighted by molar-refractivity contribution is 0.0699. The molecule has 1 aromatic heterocycles. The van der Waals surface area contributed by atoms with E-state index in [0.29, 0.717) is 22.5 Å². The van der Waals surface area contributed by atoms with E-state index in [4.69, 9.17) is 11.6 Å². The third-order valence-corrected chi connectivity index (χ3v) is 4.73. The van der Waals surface area contributed by atoms with Gasteiger partial charge in [-0.25, -0.2) is 0 Å². The zero-order valence-corrected chi connectivity index (χ0v) is 12.5. The zero-order valence-electron chi connectivity index (χ0n) is 11.7. The van der Waals surface area contributed by atoms with Crippen LogP contribution in [-0.2, 0) is 0 Å². The van der Waals surface area contributed by atoms with Crippen molar-refractivity contribution in [2.24, 2.45) is 5.92 Å². The van der Waals surface area contributed by atoms with Crippen LogP contribution >= 0.6 is 11.6 Å². The van der Waals surface area contributed by atoms with Crippen LogP contribution in [0.1, 0.15) is 55.3 Å². The first-order valence-electron chi connectivity index (χ1n) is 7.66. The highest BCUT2D eigenvalue weighted by Crippen LogP contribution is 2.33. The first-order chi connectivity index (χ1) is 9.75. The molecule has 3 rings (SSSR count). The van der Waals surface area contributed by atoms with E-state index in [0.717, 1.165) is 19.4 Å². The van der Waals surface area contributed by atoms with Gasteiger partial charge in [-0.2, -0.15) is 0 Å². The number of hydrogen-bond donors (Lipinski definition) is 0. The second kappa shape index (κ2) is 6.13. The number of aromatic nitrogens is 1. The number of carbonyl (C=O) groups excluding carboxylic acids is 1. The third-order valence-electron chi connectivity index (χ3n) is 4.43. The Morgan fingerprint density at radius 1 is 1.25 bits per heavy atom. The Hall–Kier alpha value is -1.09. The molecule has 3 nitrogen and oxygen atoms in total. The number of pyridine rings is 1. The molecule has 0 radical (unpaired) electrons. The summed E-state index contributed by atoms with van der Waals surface area (Å²) in [5.41, 5.74) is 0.601. The molecule has 2 fully saturated rings. The Kier molecular flexibility index (Phi) is 4.25. The van der Waals surface area contributed by atoms with Gasteiger partial charge in [0.2, 0.25) is 0 Å². The molecular weight excluding hydrogens is 272 g/mol. The summed E-state index contributed by atoms with van der Waals surface area (Å²) in [6.07, 6.45) is 12.0. The molecule has 0 bridgehead atoms. The van der Waals surface area contributed by atoms with E-state index < -0.39 is 0 Å². The smallest absolute Gasteiger partial charge is 0.255 e. The van der Waals surface area contributed by atoms with E-state index in [1.54, 1.807) is 18.5 Å². The molecule has 0 saturated heterocycles. The zero-order chi connectivity index (χ0) is 13.9. The second-order valence-electron chi connectivity index (χ2n) is 6.05. The molecule has 2 aliphatic rings. The number of halogens is 1. The highest BCUT2D eigenvalue weighted by atomic mass is 35.5. The second-order valence-corrected chi connectivity index (χ2v) is 6.46. The first-order valence-corrected chi connectivity index (χ1v) is 8.04. The molecule has 0 unspecified atom stereocenters. The third kappa shape index (κ3) is 3.14. The summed E-state index contributed by atoms with van der Waals surface area (Å²) in [6, 6.07) is 2.18. The number of rotatable bonds is 4. The summed E-state index contributed by atoms with van der Waals surface area (Å²) in [7, 11) is 0. The maximum Gasteiger partial charge on any atom is 0.255 e. The van der Waals surface area contributed by atoms with Gasteiger partial charge in [-0.1, -0.05) is 30.9 Å². The minimum absolute atomic E-state index is 0.0884. The quantitative estimate of drug-likeness (QED) is 0.843. The Bertz CT molecular complexity index is 481. The molecular formula is C16H21ClN2O. The SMILES string of the molecule is O=C(c1ccncc1Cl)N(CC1CCCCC1)C1CC1. The minimum atomic E-state index is 0.0884. The average molecular weight is 293 g/mol. The summed E-state index contributed by atoms with van der Waals surface area (Å²) >= 11 is 6.12. The molecule has 4 heteroatoms. The fourth-order valence-corrected chi connectivity index (χ4v) is 3.34. The van der Waals surface area contributed by atoms with E-state index in [1.807, 2.05) is 0 Å². The van der Waals surface area contributed by atoms with Crippen LogP contribution in [0.5, 0.6) is 0 Å². The van der Waals surface area contributed by atoms with E-state index in [9.17, 15) is 4.79 Å². The van der Waals surface area contributed by atoms with Crippen LogP contribution in [0.25, 0.3) is 0 Å². The monoisotopic (exact) mass is 292 g/mol. The molecule has 2 saturated carbocycles. The maximum atomic E-state index is 12.7. The summed E-state index contributed by atoms with van der Waals surface area (Å²) in [5.74, 6) is 0.763. The fraction of sp³-hybridized carbons (Fsp3) is 0.625. The molecule has 1 heterocycles. The maximum absolute atomic E-state index is 12.7. The summed E-state index contributed by atoms with van der Waals surface area (Å²) in [6.45, 7) is 0.905. The molecule has 0 N–H and O–H groups in total. The number of carbonyl (C=O) groups is 1. The van der Waals surface area contributed by atoms with Crippen molar-refractivity contribution in [2.45, 2.75) is 51.0 Å². The number of nitrogens with zero attached hydrogens (tertiary/aromatic N) is 2. The van der Waals surface area contributed by atoms with Crippen molar-refractivity contribution in [3.05, 3.63) is 29.0 Å². The molecule has 1 aromatic rings. The van der Waals surface area contributed by atoms with Crippen LogP contribution in [0.3, 0.4) is 0 Å². The molecule has 0 atom stereocenters. The molecule has 1 amide bonds. The number of amides is 1. The first kappa shape index (κ1) is 13.9. The largest absolute Gasteiger partial charge is 0.335 e. The van der Waals surface area contributed by atoms with Crippen molar-refractivity contribution < 1.29 is 4.79 Å². The standard InChI is InChI=1S/C16H21ClN2O/c17-15-10-18-9-8-14(15)16(20)19(13-6-7-13)11-12-4-2-1-3-5-12/h8-10,12-13H,1-7,11H2. The Morgan fingerprint density at radius 2 is 2.00 bits per heavy atom. The lowest BCUT2D eigenvalue weighted by Crippen LogP contribution is -2.38. The van der Waals surface area contributed by atoms with Crippen LogP contribution in [-0.4, -0.2) is 28.4 Å². The molecule has 0 aliphatic heterocycles. The summed E-state index contributed by atoms with van der Waals surface area (Å²) in [5, 5.41) is 0.465.